The molecule has 22 heteroatoms. The Kier molecular flexibility index (Phi) is 25.1. The number of amides is 7. The van der Waals surface area contributed by atoms with Crippen molar-refractivity contribution in [3.63, 3.8) is 0 Å². The number of unbranched alkanes of at least 4 members (excludes halogenated alkanes) is 1. The second-order valence-electron chi connectivity index (χ2n) is 15.8. The van der Waals surface area contributed by atoms with Crippen molar-refractivity contribution in [3.8, 4) is 0 Å². The number of rotatable bonds is 29. The summed E-state index contributed by atoms with van der Waals surface area (Å²) in [4.78, 5) is 109. The number of aliphatic carboxylic acids is 1. The van der Waals surface area contributed by atoms with Crippen LogP contribution in [0.5, 0.6) is 0 Å². The summed E-state index contributed by atoms with van der Waals surface area (Å²) in [7, 11) is 0. The van der Waals surface area contributed by atoms with Crippen LogP contribution in [-0.2, 0) is 44.8 Å². The van der Waals surface area contributed by atoms with Gasteiger partial charge in [-0.3, -0.25) is 38.6 Å². The summed E-state index contributed by atoms with van der Waals surface area (Å²) in [6, 6.07) is 0.0308. The zero-order chi connectivity index (χ0) is 47.8. The van der Waals surface area contributed by atoms with Gasteiger partial charge in [-0.1, -0.05) is 64.4 Å². The SMILES string of the molecule is CC[C@H](C)[C@H](NC(=O)[C@@H](NC(=O)[C@@H](NC(=O)[C@H](Cc1ccccc1)NC(=O)[C@H](C)NC(=O)[C@@H](N)CCCN=C(N)N)C(C)C)[C@@H](C)O)C(=O)NCC(=O)N[C@@H](CCCCN)C(=O)O. The number of guanidine groups is 1. The standard InChI is InChI=1S/C41H70N12O10/c1-7-23(4)32(37(59)47-21-30(55)49-28(40(62)63)17-11-12-18-42)52-39(61)33(25(6)54)53-38(60)31(22(2)3)51-36(58)29(20-26-14-9-8-10-15-26)50-34(56)24(5)48-35(57)27(43)16-13-19-46-41(44)45/h8-10,14-15,22-25,27-29,31-33,54H,7,11-13,16-21,42-43H2,1-6H3,(H,47,59)(H,48,57)(H,49,55)(H,50,56)(H,51,58)(H,52,61)(H,53,60)(H,62,63)(H4,44,45,46)/t23-,24-,25+,27-,28-,29-,31-,32-,33-/m0/s1. The number of aliphatic hydroxyl groups excluding tert-OH is 1. The zero-order valence-electron chi connectivity index (χ0n) is 37.1. The van der Waals surface area contributed by atoms with Crippen LogP contribution < -0.4 is 60.2 Å². The van der Waals surface area contributed by atoms with E-state index in [0.717, 1.165) is 0 Å². The van der Waals surface area contributed by atoms with Gasteiger partial charge < -0.3 is 70.4 Å². The predicted molar refractivity (Wildman–Crippen MR) is 235 cm³/mol. The van der Waals surface area contributed by atoms with Crippen molar-refractivity contribution in [1.82, 2.24) is 37.2 Å². The monoisotopic (exact) mass is 891 g/mol. The van der Waals surface area contributed by atoms with Crippen molar-refractivity contribution in [2.45, 2.75) is 135 Å². The predicted octanol–water partition coefficient (Wildman–Crippen LogP) is -3.05. The molecule has 0 saturated heterocycles. The molecule has 1 aromatic carbocycles. The lowest BCUT2D eigenvalue weighted by atomic mass is 9.97. The fourth-order valence-corrected chi connectivity index (χ4v) is 6.05. The Morgan fingerprint density at radius 3 is 1.84 bits per heavy atom. The normalized spacial score (nSPS) is 15.3. The minimum absolute atomic E-state index is 0.00974. The smallest absolute Gasteiger partial charge is 0.326 e. The summed E-state index contributed by atoms with van der Waals surface area (Å²) < 4.78 is 0. The lowest BCUT2D eigenvalue weighted by molar-refractivity contribution is -0.142. The van der Waals surface area contributed by atoms with E-state index in [0.29, 0.717) is 37.8 Å². The number of hydrogen-bond acceptors (Lipinski definition) is 12. The Morgan fingerprint density at radius 1 is 0.683 bits per heavy atom. The quantitative estimate of drug-likeness (QED) is 0.0216. The van der Waals surface area contributed by atoms with Crippen molar-refractivity contribution in [1.29, 1.82) is 0 Å². The molecule has 63 heavy (non-hydrogen) atoms. The first-order valence-corrected chi connectivity index (χ1v) is 21.2. The second-order valence-corrected chi connectivity index (χ2v) is 15.8. The van der Waals surface area contributed by atoms with Gasteiger partial charge in [0.05, 0.1) is 18.7 Å². The molecule has 1 rings (SSSR count). The first-order chi connectivity index (χ1) is 29.6. The molecule has 0 bridgehead atoms. The number of hydrogen-bond donors (Lipinski definition) is 13. The first-order valence-electron chi connectivity index (χ1n) is 21.2. The van der Waals surface area contributed by atoms with Crippen LogP contribution in [0.15, 0.2) is 35.3 Å². The van der Waals surface area contributed by atoms with Gasteiger partial charge in [0.1, 0.15) is 36.3 Å². The van der Waals surface area contributed by atoms with E-state index in [1.54, 1.807) is 58.0 Å². The van der Waals surface area contributed by atoms with Crippen molar-refractivity contribution in [3.05, 3.63) is 35.9 Å². The highest BCUT2D eigenvalue weighted by molar-refractivity contribution is 5.97. The molecule has 9 atom stereocenters. The van der Waals surface area contributed by atoms with Gasteiger partial charge in [-0.05, 0) is 69.9 Å². The summed E-state index contributed by atoms with van der Waals surface area (Å²) in [6.45, 7) is 9.36. The van der Waals surface area contributed by atoms with Crippen LogP contribution >= 0.6 is 0 Å². The van der Waals surface area contributed by atoms with E-state index in [2.05, 4.69) is 42.2 Å². The van der Waals surface area contributed by atoms with Crippen molar-refractivity contribution in [2.75, 3.05) is 19.6 Å². The number of carboxylic acids is 1. The molecule has 0 aliphatic heterocycles. The molecule has 0 unspecified atom stereocenters. The zero-order valence-corrected chi connectivity index (χ0v) is 37.1. The number of aliphatic hydroxyl groups is 1. The Labute approximate surface area is 368 Å². The minimum Gasteiger partial charge on any atom is -0.480 e. The Bertz CT molecular complexity index is 1690. The van der Waals surface area contributed by atoms with E-state index in [1.165, 1.54) is 13.8 Å². The number of nitrogens with zero attached hydrogens (tertiary/aromatic N) is 1. The van der Waals surface area contributed by atoms with Gasteiger partial charge in [-0.15, -0.1) is 0 Å². The molecule has 17 N–H and O–H groups in total. The number of aliphatic imine (C=N–C) groups is 1. The molecule has 0 heterocycles. The number of nitrogens with one attached hydrogen (secondary N) is 7. The van der Waals surface area contributed by atoms with Gasteiger partial charge in [0, 0.05) is 13.0 Å². The minimum atomic E-state index is -1.62. The molecular weight excluding hydrogens is 821 g/mol. The lowest BCUT2D eigenvalue weighted by Gasteiger charge is -2.30. The lowest BCUT2D eigenvalue weighted by Crippen LogP contribution is -2.62. The third kappa shape index (κ3) is 20.7. The third-order valence-electron chi connectivity index (χ3n) is 10.1. The molecule has 22 nitrogen and oxygen atoms in total. The summed E-state index contributed by atoms with van der Waals surface area (Å²) in [5.41, 5.74) is 22.7. The highest BCUT2D eigenvalue weighted by Gasteiger charge is 2.36. The third-order valence-corrected chi connectivity index (χ3v) is 10.1. The summed E-state index contributed by atoms with van der Waals surface area (Å²) in [6.07, 6.45) is 0.688. The summed E-state index contributed by atoms with van der Waals surface area (Å²) in [5, 5.41) is 37.7. The maximum atomic E-state index is 13.9. The number of carbonyl (C=O) groups is 8. The van der Waals surface area contributed by atoms with E-state index in [4.69, 9.17) is 22.9 Å². The van der Waals surface area contributed by atoms with Crippen molar-refractivity contribution < 1.29 is 48.6 Å². The van der Waals surface area contributed by atoms with Crippen LogP contribution in [-0.4, -0.2) is 132 Å². The molecule has 0 aromatic heterocycles. The van der Waals surface area contributed by atoms with Gasteiger partial charge in [0.2, 0.25) is 41.4 Å². The van der Waals surface area contributed by atoms with Gasteiger partial charge >= 0.3 is 5.97 Å². The first kappa shape index (κ1) is 55.1. The fraction of sp³-hybridized carbons (Fsp3) is 0.634. The van der Waals surface area contributed by atoms with Crippen LogP contribution in [0.1, 0.15) is 85.6 Å². The average Bonchev–Trinajstić information content (AvgIpc) is 3.23. The topological polar surface area (TPSA) is 378 Å². The highest BCUT2D eigenvalue weighted by Crippen LogP contribution is 2.11. The Balaban J connectivity index is 3.15. The number of carbonyl (C=O) groups excluding carboxylic acids is 7. The molecular formula is C41H70N12O10. The second kappa shape index (κ2) is 28.7. The van der Waals surface area contributed by atoms with Crippen molar-refractivity contribution in [2.24, 2.45) is 39.8 Å². The maximum absolute atomic E-state index is 13.9. The highest BCUT2D eigenvalue weighted by atomic mass is 16.4. The summed E-state index contributed by atoms with van der Waals surface area (Å²) in [5.74, 6) is -7.87. The van der Waals surface area contributed by atoms with Gasteiger partial charge in [-0.25, -0.2) is 4.79 Å². The van der Waals surface area contributed by atoms with E-state index in [-0.39, 0.29) is 31.8 Å². The molecule has 7 amide bonds. The molecule has 0 fully saturated rings. The molecule has 0 aliphatic rings. The largest absolute Gasteiger partial charge is 0.480 e. The number of nitrogens with two attached hydrogens (primary N) is 4. The van der Waals surface area contributed by atoms with Crippen LogP contribution in [0.2, 0.25) is 0 Å². The van der Waals surface area contributed by atoms with Crippen LogP contribution in [0.4, 0.5) is 0 Å². The van der Waals surface area contributed by atoms with Crippen LogP contribution in [0.3, 0.4) is 0 Å². The van der Waals surface area contributed by atoms with Gasteiger partial charge in [0.25, 0.3) is 0 Å². The van der Waals surface area contributed by atoms with E-state index in [1.807, 2.05) is 0 Å². The maximum Gasteiger partial charge on any atom is 0.326 e. The van der Waals surface area contributed by atoms with Crippen LogP contribution in [0, 0.1) is 11.8 Å². The van der Waals surface area contributed by atoms with Crippen LogP contribution in [0.25, 0.3) is 0 Å². The Morgan fingerprint density at radius 2 is 1.29 bits per heavy atom. The van der Waals surface area contributed by atoms with Gasteiger partial charge in [-0.2, -0.15) is 0 Å². The molecule has 1 aromatic rings. The average molecular weight is 891 g/mol. The number of carboxylic acid groups (broad SMARTS) is 1. The molecule has 0 spiro atoms. The van der Waals surface area contributed by atoms with Gasteiger partial charge in [0.15, 0.2) is 5.96 Å². The molecule has 0 aliphatic carbocycles. The Hall–Kier alpha value is -5.87. The fourth-order valence-electron chi connectivity index (χ4n) is 6.05. The van der Waals surface area contributed by atoms with E-state index >= 15 is 0 Å². The molecule has 354 valence electrons. The molecule has 0 saturated carbocycles. The summed E-state index contributed by atoms with van der Waals surface area (Å²) >= 11 is 0. The molecule has 0 radical (unpaired) electrons. The van der Waals surface area contributed by atoms with Crippen molar-refractivity contribution >= 4 is 53.3 Å². The number of benzene rings is 1. The van der Waals surface area contributed by atoms with E-state index in [9.17, 15) is 48.6 Å². The van der Waals surface area contributed by atoms with E-state index < -0.39 is 114 Å².